The summed E-state index contributed by atoms with van der Waals surface area (Å²) >= 11 is 1.41. The van der Waals surface area contributed by atoms with E-state index >= 15 is 0 Å². The molecule has 0 aliphatic heterocycles. The van der Waals surface area contributed by atoms with Crippen molar-refractivity contribution in [2.75, 3.05) is 10.6 Å². The number of anilines is 4. The fourth-order valence-corrected chi connectivity index (χ4v) is 2.83. The van der Waals surface area contributed by atoms with Crippen LogP contribution in [0.4, 0.5) is 28.1 Å². The third-order valence-corrected chi connectivity index (χ3v) is 4.28. The summed E-state index contributed by atoms with van der Waals surface area (Å²) in [6.45, 7) is 3.82. The van der Waals surface area contributed by atoms with Gasteiger partial charge < -0.3 is 10.6 Å². The van der Waals surface area contributed by atoms with E-state index in [1.807, 2.05) is 32.0 Å². The Balaban J connectivity index is 1.97. The summed E-state index contributed by atoms with van der Waals surface area (Å²) in [7, 11) is 0. The molecule has 0 saturated heterocycles. The first-order valence-electron chi connectivity index (χ1n) is 7.07. The highest BCUT2D eigenvalue weighted by atomic mass is 32.1. The van der Waals surface area contributed by atoms with Crippen molar-refractivity contribution in [3.8, 4) is 0 Å². The van der Waals surface area contributed by atoms with Crippen molar-refractivity contribution in [2.24, 2.45) is 0 Å². The van der Waals surface area contributed by atoms with Crippen LogP contribution in [0.5, 0.6) is 0 Å². The number of aryl methyl sites for hydroxylation is 2. The molecule has 0 aliphatic carbocycles. The topological polar surface area (TPSA) is 106 Å². The molecule has 24 heavy (non-hydrogen) atoms. The van der Waals surface area contributed by atoms with Gasteiger partial charge in [0.1, 0.15) is 6.33 Å². The van der Waals surface area contributed by atoms with Gasteiger partial charge in [0.25, 0.3) is 0 Å². The van der Waals surface area contributed by atoms with E-state index < -0.39 is 4.92 Å². The molecular weight excluding hydrogens is 328 g/mol. The first-order valence-corrected chi connectivity index (χ1v) is 7.89. The fourth-order valence-electron chi connectivity index (χ4n) is 2.02. The highest BCUT2D eigenvalue weighted by molar-refractivity contribution is 7.15. The van der Waals surface area contributed by atoms with E-state index in [1.165, 1.54) is 17.7 Å². The molecule has 2 N–H and O–H groups in total. The zero-order chi connectivity index (χ0) is 17.1. The average Bonchev–Trinajstić information content (AvgIpc) is 2.86. The number of hydrogen-bond donors (Lipinski definition) is 2. The number of thiazole rings is 1. The lowest BCUT2D eigenvalue weighted by Gasteiger charge is -2.08. The molecule has 9 heteroatoms. The Bertz CT molecular complexity index is 861. The molecule has 3 aromatic rings. The maximum Gasteiger partial charge on any atom is 0.353 e. The molecule has 0 bridgehead atoms. The molecule has 0 atom stereocenters. The van der Waals surface area contributed by atoms with Gasteiger partial charge in [0, 0.05) is 10.6 Å². The second kappa shape index (κ2) is 6.59. The largest absolute Gasteiger partial charge is 0.353 e. The molecule has 1 aromatic carbocycles. The minimum atomic E-state index is -0.513. The lowest BCUT2D eigenvalue weighted by Crippen LogP contribution is -2.05. The average molecular weight is 342 g/mol. The zero-order valence-electron chi connectivity index (χ0n) is 13.0. The van der Waals surface area contributed by atoms with Crippen LogP contribution in [-0.2, 0) is 0 Å². The smallest absolute Gasteiger partial charge is 0.334 e. The standard InChI is InChI=1S/C15H14N6O2S/c1-9-10(2)24-15(18-9)20-14-12(21(22)23)13(16-8-17-14)19-11-6-4-3-5-7-11/h3-8H,1-2H3,(H2,16,17,18,19,20). The molecular formula is C15H14N6O2S. The Morgan fingerprint density at radius 2 is 1.75 bits per heavy atom. The van der Waals surface area contributed by atoms with Crippen molar-refractivity contribution in [3.05, 3.63) is 57.3 Å². The minimum Gasteiger partial charge on any atom is -0.334 e. The molecule has 0 amide bonds. The third kappa shape index (κ3) is 3.30. The summed E-state index contributed by atoms with van der Waals surface area (Å²) in [4.78, 5) is 24.4. The van der Waals surface area contributed by atoms with Crippen LogP contribution in [0.25, 0.3) is 0 Å². The molecule has 122 valence electrons. The number of benzene rings is 1. The summed E-state index contributed by atoms with van der Waals surface area (Å²) in [5.74, 6) is 0.218. The molecule has 0 saturated carbocycles. The van der Waals surface area contributed by atoms with Gasteiger partial charge in [0.15, 0.2) is 5.13 Å². The third-order valence-electron chi connectivity index (χ3n) is 3.30. The first-order chi connectivity index (χ1) is 11.5. The quantitative estimate of drug-likeness (QED) is 0.534. The Kier molecular flexibility index (Phi) is 4.34. The van der Waals surface area contributed by atoms with Gasteiger partial charge in [-0.1, -0.05) is 18.2 Å². The van der Waals surface area contributed by atoms with Gasteiger partial charge in [-0.05, 0) is 26.0 Å². The van der Waals surface area contributed by atoms with E-state index in [2.05, 4.69) is 25.6 Å². The van der Waals surface area contributed by atoms with E-state index in [0.717, 1.165) is 10.6 Å². The number of para-hydroxylation sites is 1. The Morgan fingerprint density at radius 3 is 2.33 bits per heavy atom. The summed E-state index contributed by atoms with van der Waals surface area (Å²) < 4.78 is 0. The van der Waals surface area contributed by atoms with Crippen molar-refractivity contribution in [3.63, 3.8) is 0 Å². The van der Waals surface area contributed by atoms with Gasteiger partial charge >= 0.3 is 5.69 Å². The Labute approximate surface area is 141 Å². The van der Waals surface area contributed by atoms with Crippen molar-refractivity contribution in [1.82, 2.24) is 15.0 Å². The van der Waals surface area contributed by atoms with E-state index in [1.54, 1.807) is 12.1 Å². The van der Waals surface area contributed by atoms with Crippen LogP contribution in [0.15, 0.2) is 36.7 Å². The summed E-state index contributed by atoms with van der Waals surface area (Å²) in [5.41, 5.74) is 1.35. The van der Waals surface area contributed by atoms with Crippen LogP contribution in [0, 0.1) is 24.0 Å². The number of hydrogen-bond acceptors (Lipinski definition) is 8. The van der Waals surface area contributed by atoms with Crippen LogP contribution in [0.2, 0.25) is 0 Å². The number of nitro groups is 1. The van der Waals surface area contributed by atoms with Crippen LogP contribution in [0.1, 0.15) is 10.6 Å². The van der Waals surface area contributed by atoms with Crippen molar-refractivity contribution in [1.29, 1.82) is 0 Å². The fraction of sp³-hybridized carbons (Fsp3) is 0.133. The van der Waals surface area contributed by atoms with Gasteiger partial charge in [0.2, 0.25) is 11.6 Å². The monoisotopic (exact) mass is 342 g/mol. The molecule has 2 aromatic heterocycles. The molecule has 3 rings (SSSR count). The number of nitrogens with zero attached hydrogens (tertiary/aromatic N) is 4. The summed E-state index contributed by atoms with van der Waals surface area (Å²) in [6, 6.07) is 9.12. The lowest BCUT2D eigenvalue weighted by atomic mass is 10.3. The minimum absolute atomic E-state index is 0.0992. The van der Waals surface area contributed by atoms with Gasteiger partial charge in [0.05, 0.1) is 10.6 Å². The normalized spacial score (nSPS) is 10.4. The molecule has 2 heterocycles. The Hall–Kier alpha value is -3.07. The van der Waals surface area contributed by atoms with Crippen molar-refractivity contribution < 1.29 is 4.92 Å². The van der Waals surface area contributed by atoms with Crippen molar-refractivity contribution >= 4 is 39.5 Å². The van der Waals surface area contributed by atoms with Gasteiger partial charge in [-0.25, -0.2) is 15.0 Å². The van der Waals surface area contributed by atoms with E-state index in [-0.39, 0.29) is 17.3 Å². The molecule has 0 aliphatic rings. The second-order valence-electron chi connectivity index (χ2n) is 4.95. The van der Waals surface area contributed by atoms with Crippen LogP contribution in [0.3, 0.4) is 0 Å². The SMILES string of the molecule is Cc1nc(Nc2ncnc(Nc3ccccc3)c2[N+](=O)[O-])sc1C. The van der Waals surface area contributed by atoms with E-state index in [0.29, 0.717) is 10.8 Å². The molecule has 0 radical (unpaired) electrons. The summed E-state index contributed by atoms with van der Waals surface area (Å²) in [6.07, 6.45) is 1.27. The highest BCUT2D eigenvalue weighted by Crippen LogP contribution is 2.34. The number of nitrogens with one attached hydrogen (secondary N) is 2. The van der Waals surface area contributed by atoms with Crippen LogP contribution in [-0.4, -0.2) is 19.9 Å². The van der Waals surface area contributed by atoms with E-state index in [4.69, 9.17) is 0 Å². The molecule has 0 fully saturated rings. The lowest BCUT2D eigenvalue weighted by molar-refractivity contribution is -0.383. The van der Waals surface area contributed by atoms with Crippen LogP contribution < -0.4 is 10.6 Å². The zero-order valence-corrected chi connectivity index (χ0v) is 13.8. The van der Waals surface area contributed by atoms with Crippen molar-refractivity contribution in [2.45, 2.75) is 13.8 Å². The number of rotatable bonds is 5. The maximum absolute atomic E-state index is 11.5. The first kappa shape index (κ1) is 15.8. The Morgan fingerprint density at radius 1 is 1.08 bits per heavy atom. The maximum atomic E-state index is 11.5. The molecule has 0 unspecified atom stereocenters. The van der Waals surface area contributed by atoms with Gasteiger partial charge in [-0.3, -0.25) is 10.1 Å². The van der Waals surface area contributed by atoms with Crippen LogP contribution >= 0.6 is 11.3 Å². The second-order valence-corrected chi connectivity index (χ2v) is 6.16. The van der Waals surface area contributed by atoms with Gasteiger partial charge in [-0.15, -0.1) is 11.3 Å². The van der Waals surface area contributed by atoms with Gasteiger partial charge in [-0.2, -0.15) is 0 Å². The highest BCUT2D eigenvalue weighted by Gasteiger charge is 2.24. The molecule has 8 nitrogen and oxygen atoms in total. The molecule has 0 spiro atoms. The predicted molar refractivity (Wildman–Crippen MR) is 93.3 cm³/mol. The predicted octanol–water partition coefficient (Wildman–Crippen LogP) is 3.95. The number of aromatic nitrogens is 3. The summed E-state index contributed by atoms with van der Waals surface area (Å²) in [5, 5.41) is 17.9. The van der Waals surface area contributed by atoms with E-state index in [9.17, 15) is 10.1 Å².